The van der Waals surface area contributed by atoms with Gasteiger partial charge >= 0.3 is 0 Å². The van der Waals surface area contributed by atoms with Crippen molar-refractivity contribution in [3.8, 4) is 0 Å². The van der Waals surface area contributed by atoms with Crippen molar-refractivity contribution in [3.05, 3.63) is 89.7 Å². The van der Waals surface area contributed by atoms with Crippen LogP contribution < -0.4 is 15.5 Å². The maximum absolute atomic E-state index is 13.7. The van der Waals surface area contributed by atoms with Gasteiger partial charge in [0.25, 0.3) is 0 Å². The van der Waals surface area contributed by atoms with E-state index in [9.17, 15) is 14.0 Å². The lowest BCUT2D eigenvalue weighted by Gasteiger charge is -2.22. The SMILES string of the molecule is CCC(=O)N(CCNC)c1ccc(N=C(c2ccccc2)C2C(=O)Nc3cc(F)ccc32)cc1. The molecule has 0 bridgehead atoms. The molecule has 1 aliphatic heterocycles. The van der Waals surface area contributed by atoms with E-state index in [0.717, 1.165) is 11.3 Å². The number of anilines is 2. The zero-order valence-electron chi connectivity index (χ0n) is 19.2. The molecule has 7 heteroatoms. The number of halogens is 1. The molecule has 0 aliphatic carbocycles. The van der Waals surface area contributed by atoms with E-state index in [-0.39, 0.29) is 11.8 Å². The number of hydrogen-bond acceptors (Lipinski definition) is 4. The fourth-order valence-electron chi connectivity index (χ4n) is 4.07. The van der Waals surface area contributed by atoms with E-state index in [2.05, 4.69) is 10.6 Å². The zero-order valence-corrected chi connectivity index (χ0v) is 19.2. The van der Waals surface area contributed by atoms with Crippen LogP contribution in [0.3, 0.4) is 0 Å². The summed E-state index contributed by atoms with van der Waals surface area (Å²) in [5.41, 5.74) is 3.99. The quantitative estimate of drug-likeness (QED) is 0.483. The van der Waals surface area contributed by atoms with E-state index in [1.807, 2.05) is 68.6 Å². The van der Waals surface area contributed by atoms with Gasteiger partial charge in [-0.1, -0.05) is 43.3 Å². The van der Waals surface area contributed by atoms with E-state index >= 15 is 0 Å². The molecule has 1 unspecified atom stereocenters. The average Bonchev–Trinajstić information content (AvgIpc) is 3.18. The summed E-state index contributed by atoms with van der Waals surface area (Å²) in [6.45, 7) is 3.09. The number of benzene rings is 3. The Bertz CT molecular complexity index is 1210. The van der Waals surface area contributed by atoms with Crippen molar-refractivity contribution >= 4 is 34.6 Å². The minimum atomic E-state index is -0.661. The summed E-state index contributed by atoms with van der Waals surface area (Å²) >= 11 is 0. The molecule has 0 radical (unpaired) electrons. The second kappa shape index (κ2) is 10.4. The summed E-state index contributed by atoms with van der Waals surface area (Å²) in [4.78, 5) is 32.0. The minimum Gasteiger partial charge on any atom is -0.325 e. The van der Waals surface area contributed by atoms with Gasteiger partial charge in [0.2, 0.25) is 11.8 Å². The maximum Gasteiger partial charge on any atom is 0.238 e. The second-order valence-electron chi connectivity index (χ2n) is 8.04. The first-order valence-electron chi connectivity index (χ1n) is 11.3. The summed E-state index contributed by atoms with van der Waals surface area (Å²) < 4.78 is 13.7. The molecular formula is C27H27FN4O2. The number of nitrogens with zero attached hydrogens (tertiary/aromatic N) is 2. The van der Waals surface area contributed by atoms with Crippen LogP contribution in [0, 0.1) is 5.82 Å². The number of nitrogens with one attached hydrogen (secondary N) is 2. The lowest BCUT2D eigenvalue weighted by Crippen LogP contribution is -2.35. The molecular weight excluding hydrogens is 431 g/mol. The van der Waals surface area contributed by atoms with Crippen LogP contribution in [0.1, 0.15) is 30.4 Å². The van der Waals surface area contributed by atoms with Gasteiger partial charge in [-0.15, -0.1) is 0 Å². The third kappa shape index (κ3) is 4.89. The number of fused-ring (bicyclic) bond motifs is 1. The average molecular weight is 459 g/mol. The molecule has 3 aromatic carbocycles. The van der Waals surface area contributed by atoms with Gasteiger partial charge in [-0.2, -0.15) is 0 Å². The Balaban J connectivity index is 1.73. The Morgan fingerprint density at radius 1 is 1.09 bits per heavy atom. The van der Waals surface area contributed by atoms with Crippen molar-refractivity contribution in [1.82, 2.24) is 5.32 Å². The molecule has 34 heavy (non-hydrogen) atoms. The lowest BCUT2D eigenvalue weighted by atomic mass is 9.90. The molecule has 0 saturated carbocycles. The standard InChI is InChI=1S/C27H27FN4O2/c1-3-24(33)32(16-15-29-2)21-12-10-20(11-13-21)30-26(18-7-5-4-6-8-18)25-22-14-9-19(28)17-23(22)31-27(25)34/h4-14,17,25,29H,3,15-16H2,1-2H3,(H,31,34). The van der Waals surface area contributed by atoms with Crippen LogP contribution in [0.5, 0.6) is 0 Å². The van der Waals surface area contributed by atoms with Gasteiger partial charge in [0.05, 0.1) is 11.4 Å². The molecule has 0 spiro atoms. The van der Waals surface area contributed by atoms with Crippen molar-refractivity contribution in [3.63, 3.8) is 0 Å². The Kier molecular flexibility index (Phi) is 7.13. The highest BCUT2D eigenvalue weighted by atomic mass is 19.1. The van der Waals surface area contributed by atoms with Crippen LogP contribution >= 0.6 is 0 Å². The number of aliphatic imine (C=N–C) groups is 1. The number of carbonyl (C=O) groups excluding carboxylic acids is 2. The van der Waals surface area contributed by atoms with Crippen LogP contribution in [-0.2, 0) is 9.59 Å². The van der Waals surface area contributed by atoms with Crippen molar-refractivity contribution < 1.29 is 14.0 Å². The molecule has 4 rings (SSSR count). The third-order valence-electron chi connectivity index (χ3n) is 5.79. The Hall–Kier alpha value is -3.84. The summed E-state index contributed by atoms with van der Waals surface area (Å²) in [5, 5.41) is 5.85. The van der Waals surface area contributed by atoms with Crippen LogP contribution in [0.25, 0.3) is 0 Å². The van der Waals surface area contributed by atoms with E-state index in [1.165, 1.54) is 12.1 Å². The molecule has 1 aliphatic rings. The fourth-order valence-corrected chi connectivity index (χ4v) is 4.07. The predicted molar refractivity (Wildman–Crippen MR) is 133 cm³/mol. The number of hydrogen-bond donors (Lipinski definition) is 2. The van der Waals surface area contributed by atoms with Gasteiger partial charge < -0.3 is 15.5 Å². The summed E-state index contributed by atoms with van der Waals surface area (Å²) in [7, 11) is 1.85. The largest absolute Gasteiger partial charge is 0.325 e. The molecule has 174 valence electrons. The summed E-state index contributed by atoms with van der Waals surface area (Å²) in [6, 6.07) is 21.2. The first kappa shape index (κ1) is 23.3. The Morgan fingerprint density at radius 3 is 2.50 bits per heavy atom. The molecule has 2 amide bonds. The first-order chi connectivity index (χ1) is 16.5. The van der Waals surface area contributed by atoms with Crippen molar-refractivity contribution in [2.45, 2.75) is 19.3 Å². The topological polar surface area (TPSA) is 73.8 Å². The van der Waals surface area contributed by atoms with Gasteiger partial charge in [0.15, 0.2) is 0 Å². The molecule has 0 saturated heterocycles. The fraction of sp³-hybridized carbons (Fsp3) is 0.222. The van der Waals surface area contributed by atoms with Crippen LogP contribution in [-0.4, -0.2) is 37.7 Å². The second-order valence-corrected chi connectivity index (χ2v) is 8.04. The maximum atomic E-state index is 13.7. The van der Waals surface area contributed by atoms with E-state index < -0.39 is 11.7 Å². The van der Waals surface area contributed by atoms with E-state index in [1.54, 1.807) is 11.0 Å². The number of carbonyl (C=O) groups is 2. The number of amides is 2. The Labute approximate surface area is 198 Å². The molecule has 3 aromatic rings. The van der Waals surface area contributed by atoms with Gasteiger partial charge in [-0.25, -0.2) is 4.39 Å². The molecule has 1 heterocycles. The Morgan fingerprint density at radius 2 is 1.82 bits per heavy atom. The molecule has 1 atom stereocenters. The molecule has 0 aromatic heterocycles. The van der Waals surface area contributed by atoms with Gasteiger partial charge in [0, 0.05) is 30.9 Å². The number of likely N-dealkylation sites (N-methyl/N-ethyl adjacent to an activating group) is 1. The predicted octanol–water partition coefficient (Wildman–Crippen LogP) is 4.64. The normalized spacial score (nSPS) is 15.1. The lowest BCUT2D eigenvalue weighted by molar-refractivity contribution is -0.118. The molecule has 6 nitrogen and oxygen atoms in total. The van der Waals surface area contributed by atoms with Crippen LogP contribution in [0.2, 0.25) is 0 Å². The third-order valence-corrected chi connectivity index (χ3v) is 5.79. The highest BCUT2D eigenvalue weighted by molar-refractivity contribution is 6.24. The minimum absolute atomic E-state index is 0.0444. The van der Waals surface area contributed by atoms with Crippen molar-refractivity contribution in [2.75, 3.05) is 30.4 Å². The van der Waals surface area contributed by atoms with E-state index in [0.29, 0.717) is 42.2 Å². The van der Waals surface area contributed by atoms with Crippen molar-refractivity contribution in [2.24, 2.45) is 4.99 Å². The molecule has 0 fully saturated rings. The first-order valence-corrected chi connectivity index (χ1v) is 11.3. The van der Waals surface area contributed by atoms with E-state index in [4.69, 9.17) is 4.99 Å². The van der Waals surface area contributed by atoms with Crippen LogP contribution in [0.4, 0.5) is 21.5 Å². The summed E-state index contributed by atoms with van der Waals surface area (Å²) in [5.74, 6) is -1.26. The number of rotatable bonds is 8. The van der Waals surface area contributed by atoms with Crippen LogP contribution in [0.15, 0.2) is 77.8 Å². The van der Waals surface area contributed by atoms with Gasteiger partial charge in [-0.3, -0.25) is 14.6 Å². The van der Waals surface area contributed by atoms with Gasteiger partial charge in [-0.05, 0) is 54.6 Å². The molecule has 2 N–H and O–H groups in total. The van der Waals surface area contributed by atoms with Crippen molar-refractivity contribution in [1.29, 1.82) is 0 Å². The highest BCUT2D eigenvalue weighted by Crippen LogP contribution is 2.36. The monoisotopic (exact) mass is 458 g/mol. The smallest absolute Gasteiger partial charge is 0.238 e. The van der Waals surface area contributed by atoms with Gasteiger partial charge in [0.1, 0.15) is 11.7 Å². The zero-order chi connectivity index (χ0) is 24.1. The highest BCUT2D eigenvalue weighted by Gasteiger charge is 2.35. The summed E-state index contributed by atoms with van der Waals surface area (Å²) in [6.07, 6.45) is 0.415.